The van der Waals surface area contributed by atoms with Crippen LogP contribution in [0.2, 0.25) is 0 Å². The summed E-state index contributed by atoms with van der Waals surface area (Å²) < 4.78 is 15.2. The minimum absolute atomic E-state index is 0. The van der Waals surface area contributed by atoms with Crippen LogP contribution in [-0.2, 0) is 23.3 Å². The molecule has 1 aliphatic rings. The number of halogens is 2. The first kappa shape index (κ1) is 24.7. The van der Waals surface area contributed by atoms with Crippen LogP contribution in [0.3, 0.4) is 0 Å². The summed E-state index contributed by atoms with van der Waals surface area (Å²) in [5.74, 6) is 0.344. The Morgan fingerprint density at radius 3 is 2.67 bits per heavy atom. The summed E-state index contributed by atoms with van der Waals surface area (Å²) in [7, 11) is 1.73. The molecule has 0 radical (unpaired) electrons. The Balaban J connectivity index is 0.00000306. The number of carbonyl (C=O) groups is 1. The van der Waals surface area contributed by atoms with Crippen molar-refractivity contribution < 1.29 is 9.18 Å². The highest BCUT2D eigenvalue weighted by Crippen LogP contribution is 2.47. The van der Waals surface area contributed by atoms with Gasteiger partial charge in [0.2, 0.25) is 5.91 Å². The number of hydrogen-bond acceptors (Lipinski definition) is 3. The number of guanidine groups is 1. The Morgan fingerprint density at radius 2 is 1.97 bits per heavy atom. The van der Waals surface area contributed by atoms with Crippen molar-refractivity contribution in [1.82, 2.24) is 20.4 Å². The Hall–Kier alpha value is -2.95. The first-order chi connectivity index (χ1) is 15.6. The summed E-state index contributed by atoms with van der Waals surface area (Å²) in [6, 6.07) is 16.3. The zero-order valence-corrected chi connectivity index (χ0v) is 20.8. The lowest BCUT2D eigenvalue weighted by Gasteiger charge is -2.19. The van der Waals surface area contributed by atoms with Crippen molar-refractivity contribution >= 4 is 41.5 Å². The monoisotopic (exact) mass is 562 g/mol. The molecule has 0 aliphatic heterocycles. The lowest BCUT2D eigenvalue weighted by Crippen LogP contribution is -2.40. The molecule has 1 aromatic heterocycles. The first-order valence-corrected chi connectivity index (χ1v) is 10.6. The Kier molecular flexibility index (Phi) is 8.43. The van der Waals surface area contributed by atoms with Crippen LogP contribution >= 0.6 is 24.0 Å². The zero-order valence-electron chi connectivity index (χ0n) is 18.4. The molecule has 0 atom stereocenters. The zero-order chi connectivity index (χ0) is 22.4. The molecule has 0 spiro atoms. The molecule has 1 aliphatic carbocycles. The van der Waals surface area contributed by atoms with Gasteiger partial charge in [0, 0.05) is 43.6 Å². The van der Waals surface area contributed by atoms with Crippen molar-refractivity contribution in [3.05, 3.63) is 83.9 Å². The van der Waals surface area contributed by atoms with Crippen LogP contribution in [0.5, 0.6) is 0 Å². The predicted molar refractivity (Wildman–Crippen MR) is 138 cm³/mol. The van der Waals surface area contributed by atoms with Crippen LogP contribution in [0.15, 0.2) is 72.0 Å². The third-order valence-corrected chi connectivity index (χ3v) is 5.64. The highest BCUT2D eigenvalue weighted by molar-refractivity contribution is 14.0. The number of benzene rings is 2. The van der Waals surface area contributed by atoms with E-state index in [1.54, 1.807) is 42.3 Å². The molecule has 0 saturated heterocycles. The van der Waals surface area contributed by atoms with Gasteiger partial charge in [-0.1, -0.05) is 24.3 Å². The van der Waals surface area contributed by atoms with E-state index in [1.807, 2.05) is 30.3 Å². The van der Waals surface area contributed by atoms with Crippen LogP contribution in [0, 0.1) is 5.82 Å². The molecule has 174 valence electrons. The maximum absolute atomic E-state index is 13.6. The number of aliphatic imine (C=N–C) groups is 1. The van der Waals surface area contributed by atoms with Crippen LogP contribution in [-0.4, -0.2) is 35.2 Å². The van der Waals surface area contributed by atoms with Crippen molar-refractivity contribution in [3.63, 3.8) is 0 Å². The average molecular weight is 562 g/mol. The van der Waals surface area contributed by atoms with E-state index < -0.39 is 0 Å². The van der Waals surface area contributed by atoms with Gasteiger partial charge in [0.1, 0.15) is 12.4 Å². The van der Waals surface area contributed by atoms with Crippen LogP contribution in [0.25, 0.3) is 0 Å². The van der Waals surface area contributed by atoms with Crippen molar-refractivity contribution in [3.8, 4) is 0 Å². The molecule has 1 heterocycles. The van der Waals surface area contributed by atoms with Gasteiger partial charge >= 0.3 is 0 Å². The Labute approximate surface area is 209 Å². The maximum atomic E-state index is 13.6. The van der Waals surface area contributed by atoms with E-state index in [-0.39, 0.29) is 47.7 Å². The molecule has 1 amide bonds. The van der Waals surface area contributed by atoms with E-state index in [9.17, 15) is 9.18 Å². The van der Waals surface area contributed by atoms with Crippen LogP contribution in [0.4, 0.5) is 10.1 Å². The van der Waals surface area contributed by atoms with E-state index >= 15 is 0 Å². The minimum Gasteiger partial charge on any atom is -0.356 e. The molecule has 7 nitrogen and oxygen atoms in total. The number of hydrogen-bond donors (Lipinski definition) is 3. The highest BCUT2D eigenvalue weighted by atomic mass is 127. The third kappa shape index (κ3) is 6.77. The topological polar surface area (TPSA) is 83.3 Å². The van der Waals surface area contributed by atoms with Gasteiger partial charge in [-0.15, -0.1) is 24.0 Å². The van der Waals surface area contributed by atoms with Gasteiger partial charge in [-0.2, -0.15) is 5.10 Å². The summed E-state index contributed by atoms with van der Waals surface area (Å²) in [5.41, 5.74) is 2.74. The smallest absolute Gasteiger partial charge is 0.246 e. The normalized spacial score (nSPS) is 14.2. The van der Waals surface area contributed by atoms with Gasteiger partial charge in [-0.3, -0.25) is 14.5 Å². The number of amides is 1. The number of nitrogens with zero attached hydrogens (tertiary/aromatic N) is 3. The van der Waals surface area contributed by atoms with Crippen molar-refractivity contribution in [2.45, 2.75) is 31.3 Å². The Bertz CT molecular complexity index is 1100. The molecule has 2 aromatic carbocycles. The summed E-state index contributed by atoms with van der Waals surface area (Å²) in [6.07, 6.45) is 5.45. The second kappa shape index (κ2) is 11.3. The molecule has 0 bridgehead atoms. The van der Waals surface area contributed by atoms with E-state index in [0.717, 1.165) is 29.7 Å². The SMILES string of the molecule is CN=C(NCc1cccc(NC(=O)Cn2cccn2)c1)NCC1(c2cccc(F)c2)CC1.I. The summed E-state index contributed by atoms with van der Waals surface area (Å²) >= 11 is 0. The quantitative estimate of drug-likeness (QED) is 0.222. The molecule has 1 fully saturated rings. The second-order valence-corrected chi connectivity index (χ2v) is 8.02. The van der Waals surface area contributed by atoms with E-state index in [1.165, 1.54) is 6.07 Å². The van der Waals surface area contributed by atoms with Crippen LogP contribution in [0.1, 0.15) is 24.0 Å². The number of carbonyl (C=O) groups excluding carboxylic acids is 1. The summed E-state index contributed by atoms with van der Waals surface area (Å²) in [4.78, 5) is 16.5. The molecule has 3 aromatic rings. The molecular formula is C24H28FIN6O. The second-order valence-electron chi connectivity index (χ2n) is 8.02. The summed E-state index contributed by atoms with van der Waals surface area (Å²) in [5, 5.41) is 13.6. The van der Waals surface area contributed by atoms with E-state index in [4.69, 9.17) is 0 Å². The molecular weight excluding hydrogens is 534 g/mol. The number of anilines is 1. The fourth-order valence-electron chi connectivity index (χ4n) is 3.70. The standard InChI is InChI=1S/C24H27FN6O.HI/c1-26-23(28-17-24(9-10-24)19-6-3-7-20(25)14-19)27-15-18-5-2-8-21(13-18)30-22(32)16-31-12-4-11-29-31;/h2-8,11-14H,9-10,15-17H2,1H3,(H,30,32)(H2,26,27,28);1H. The largest absolute Gasteiger partial charge is 0.356 e. The molecule has 3 N–H and O–H groups in total. The van der Waals surface area contributed by atoms with Gasteiger partial charge in [0.15, 0.2) is 5.96 Å². The van der Waals surface area contributed by atoms with Crippen molar-refractivity contribution in [1.29, 1.82) is 0 Å². The lowest BCUT2D eigenvalue weighted by molar-refractivity contribution is -0.116. The van der Waals surface area contributed by atoms with Crippen molar-refractivity contribution in [2.24, 2.45) is 4.99 Å². The fraction of sp³-hybridized carbons (Fsp3) is 0.292. The number of aromatic nitrogens is 2. The van der Waals surface area contributed by atoms with Gasteiger partial charge in [0.05, 0.1) is 0 Å². The predicted octanol–water partition coefficient (Wildman–Crippen LogP) is 3.68. The lowest BCUT2D eigenvalue weighted by atomic mass is 9.96. The molecule has 9 heteroatoms. The molecule has 1 saturated carbocycles. The fourth-order valence-corrected chi connectivity index (χ4v) is 3.70. The summed E-state index contributed by atoms with van der Waals surface area (Å²) in [6.45, 7) is 1.41. The van der Waals surface area contributed by atoms with Gasteiger partial charge < -0.3 is 16.0 Å². The van der Waals surface area contributed by atoms with E-state index in [0.29, 0.717) is 19.0 Å². The van der Waals surface area contributed by atoms with Gasteiger partial charge in [0.25, 0.3) is 0 Å². The first-order valence-electron chi connectivity index (χ1n) is 10.6. The molecule has 33 heavy (non-hydrogen) atoms. The Morgan fingerprint density at radius 1 is 1.15 bits per heavy atom. The van der Waals surface area contributed by atoms with Gasteiger partial charge in [-0.25, -0.2) is 4.39 Å². The number of nitrogens with one attached hydrogen (secondary N) is 3. The van der Waals surface area contributed by atoms with Gasteiger partial charge in [-0.05, 0) is 54.3 Å². The average Bonchev–Trinajstić information content (AvgIpc) is 3.41. The molecule has 0 unspecified atom stereocenters. The maximum Gasteiger partial charge on any atom is 0.246 e. The number of rotatable bonds is 8. The van der Waals surface area contributed by atoms with Crippen LogP contribution < -0.4 is 16.0 Å². The molecule has 4 rings (SSSR count). The highest BCUT2D eigenvalue weighted by Gasteiger charge is 2.44. The van der Waals surface area contributed by atoms with Crippen molar-refractivity contribution in [2.75, 3.05) is 18.9 Å². The van der Waals surface area contributed by atoms with E-state index in [2.05, 4.69) is 26.0 Å². The minimum atomic E-state index is -0.201. The third-order valence-electron chi connectivity index (χ3n) is 5.64.